The molecule has 10 heteroatoms. The Balaban J connectivity index is 1.83. The number of aromatic nitrogens is 2. The first-order chi connectivity index (χ1) is 14.5. The number of nitrogens with one attached hydrogen (secondary N) is 2. The highest BCUT2D eigenvalue weighted by Crippen LogP contribution is 2.44. The topological polar surface area (TPSA) is 105 Å². The summed E-state index contributed by atoms with van der Waals surface area (Å²) in [7, 11) is 0. The van der Waals surface area contributed by atoms with Crippen molar-refractivity contribution in [3.8, 4) is 11.8 Å². The maximum Gasteiger partial charge on any atom is 0.293 e. The van der Waals surface area contributed by atoms with E-state index in [1.807, 2.05) is 0 Å². The van der Waals surface area contributed by atoms with Gasteiger partial charge in [0.05, 0.1) is 12.2 Å². The summed E-state index contributed by atoms with van der Waals surface area (Å²) < 4.78 is 45.9. The van der Waals surface area contributed by atoms with Gasteiger partial charge in [-0.3, -0.25) is 4.79 Å². The molecule has 2 heterocycles. The van der Waals surface area contributed by atoms with Crippen molar-refractivity contribution in [2.24, 2.45) is 5.92 Å². The molecule has 5 N–H and O–H groups in total. The Morgan fingerprint density at radius 2 is 2.13 bits per heavy atom. The summed E-state index contributed by atoms with van der Waals surface area (Å²) in [6, 6.07) is 2.27. The van der Waals surface area contributed by atoms with E-state index in [-0.39, 0.29) is 35.1 Å². The van der Waals surface area contributed by atoms with Gasteiger partial charge in [-0.05, 0) is 31.9 Å². The Morgan fingerprint density at radius 3 is 2.77 bits per heavy atom. The normalized spacial score (nSPS) is 22.8. The summed E-state index contributed by atoms with van der Waals surface area (Å²) in [4.78, 5) is 16.1. The molecular weight excluding hydrogens is 411 g/mol. The average Bonchev–Trinajstić information content (AvgIpc) is 3.48. The number of benzene rings is 1. The predicted octanol–water partition coefficient (Wildman–Crippen LogP) is 1.88. The van der Waals surface area contributed by atoms with Crippen LogP contribution in [0.3, 0.4) is 0 Å². The Kier molecular flexibility index (Phi) is 4.98. The Labute approximate surface area is 176 Å². The molecular formula is C21H22F3N5O2. The van der Waals surface area contributed by atoms with E-state index in [0.29, 0.717) is 12.6 Å². The largest absolute Gasteiger partial charge is 0.379 e. The highest BCUT2D eigenvalue weighted by atomic mass is 19.3. The number of anilines is 2. The lowest BCUT2D eigenvalue weighted by molar-refractivity contribution is -0.0719. The van der Waals surface area contributed by atoms with Gasteiger partial charge in [0.2, 0.25) is 0 Å². The molecule has 0 radical (unpaired) electrons. The molecule has 2 aromatic rings. The molecule has 0 bridgehead atoms. The second kappa shape index (κ2) is 7.28. The molecule has 1 aliphatic heterocycles. The van der Waals surface area contributed by atoms with Gasteiger partial charge >= 0.3 is 0 Å². The van der Waals surface area contributed by atoms with Crippen LogP contribution >= 0.6 is 0 Å². The van der Waals surface area contributed by atoms with E-state index in [1.165, 1.54) is 16.8 Å². The van der Waals surface area contributed by atoms with Gasteiger partial charge in [-0.1, -0.05) is 11.8 Å². The van der Waals surface area contributed by atoms with Crippen LogP contribution in [0.25, 0.3) is 0 Å². The Hall–Kier alpha value is -3.03. The van der Waals surface area contributed by atoms with Gasteiger partial charge in [-0.2, -0.15) is 0 Å². The third-order valence-corrected chi connectivity index (χ3v) is 5.40. The van der Waals surface area contributed by atoms with Crippen LogP contribution in [-0.4, -0.2) is 26.9 Å². The number of nitrogens with zero attached hydrogens (tertiary/aromatic N) is 2. The minimum Gasteiger partial charge on any atom is -0.379 e. The van der Waals surface area contributed by atoms with E-state index in [1.54, 1.807) is 6.92 Å². The zero-order chi connectivity index (χ0) is 22.6. The highest BCUT2D eigenvalue weighted by molar-refractivity contribution is 5.62. The molecule has 1 unspecified atom stereocenters. The molecule has 7 nitrogen and oxygen atoms in total. The van der Waals surface area contributed by atoms with Crippen LogP contribution in [0, 0.1) is 30.5 Å². The summed E-state index contributed by atoms with van der Waals surface area (Å²) >= 11 is 0. The summed E-state index contributed by atoms with van der Waals surface area (Å²) in [6.45, 7) is 2.12. The fraction of sp³-hybridized carbons (Fsp3) is 0.429. The molecule has 0 spiro atoms. The van der Waals surface area contributed by atoms with E-state index in [4.69, 9.17) is 5.73 Å². The maximum atomic E-state index is 15.1. The number of rotatable bonds is 3. The molecule has 1 aromatic carbocycles. The maximum absolute atomic E-state index is 15.1. The number of nitrogens with two attached hydrogens (primary N) is 1. The Morgan fingerprint density at radius 1 is 1.42 bits per heavy atom. The zero-order valence-corrected chi connectivity index (χ0v) is 17.0. The molecule has 1 saturated carbocycles. The highest BCUT2D eigenvalue weighted by Gasteiger charge is 2.55. The third-order valence-electron chi connectivity index (χ3n) is 5.40. The van der Waals surface area contributed by atoms with Gasteiger partial charge in [-0.15, -0.1) is 0 Å². The van der Waals surface area contributed by atoms with Gasteiger partial charge in [-0.25, -0.2) is 23.5 Å². The van der Waals surface area contributed by atoms with Crippen LogP contribution in [0.15, 0.2) is 23.1 Å². The van der Waals surface area contributed by atoms with Crippen molar-refractivity contribution in [2.45, 2.75) is 51.0 Å². The van der Waals surface area contributed by atoms with Crippen molar-refractivity contribution in [1.82, 2.24) is 14.9 Å². The second-order valence-corrected chi connectivity index (χ2v) is 8.06. The fourth-order valence-electron chi connectivity index (χ4n) is 3.65. The van der Waals surface area contributed by atoms with Crippen LogP contribution in [0.1, 0.15) is 36.6 Å². The van der Waals surface area contributed by atoms with Gasteiger partial charge in [0, 0.05) is 35.9 Å². The molecule has 4 rings (SSSR count). The minimum atomic E-state index is -3.44. The lowest BCUT2D eigenvalue weighted by Gasteiger charge is -2.42. The summed E-state index contributed by atoms with van der Waals surface area (Å²) in [5.74, 6) is 0.963. The number of alkyl halides is 2. The number of hydrogen-bond acceptors (Lipinski definition) is 6. The number of halogens is 3. The van der Waals surface area contributed by atoms with E-state index < -0.39 is 29.2 Å². The van der Waals surface area contributed by atoms with Gasteiger partial charge in [0.15, 0.2) is 17.7 Å². The Bertz CT molecular complexity index is 1160. The van der Waals surface area contributed by atoms with Crippen LogP contribution < -0.4 is 21.9 Å². The quantitative estimate of drug-likeness (QED) is 0.551. The smallest absolute Gasteiger partial charge is 0.293 e. The van der Waals surface area contributed by atoms with Crippen LogP contribution in [0.2, 0.25) is 0 Å². The van der Waals surface area contributed by atoms with Crippen LogP contribution in [-0.2, 0) is 12.1 Å². The standard InChI is InChI=1S/C21H22F3N5O2/c1-11-9-29(18(30)17(25)26-11)10-13-7-16-14(8-15(13)22)21(20(2,23)24,28-19(31)27-16)6-5-12-3-4-12/h7-9,12,19,27-28,31H,3-4,10H2,1-2H3,(H2,25,26)/t19?,21-/m0/s1. The number of aliphatic hydroxyl groups excluding tert-OH is 1. The fourth-order valence-corrected chi connectivity index (χ4v) is 3.65. The third kappa shape index (κ3) is 3.86. The van der Waals surface area contributed by atoms with E-state index in [2.05, 4.69) is 27.5 Å². The van der Waals surface area contributed by atoms with E-state index in [0.717, 1.165) is 18.9 Å². The van der Waals surface area contributed by atoms with E-state index in [9.17, 15) is 18.7 Å². The van der Waals surface area contributed by atoms with Crippen LogP contribution in [0.5, 0.6) is 0 Å². The zero-order valence-electron chi connectivity index (χ0n) is 17.0. The molecule has 2 atom stereocenters. The minimum absolute atomic E-state index is 0.0212. The summed E-state index contributed by atoms with van der Waals surface area (Å²) in [5, 5.41) is 15.2. The monoisotopic (exact) mass is 433 g/mol. The van der Waals surface area contributed by atoms with Crippen molar-refractivity contribution < 1.29 is 18.3 Å². The van der Waals surface area contributed by atoms with Crippen molar-refractivity contribution in [1.29, 1.82) is 0 Å². The lowest BCUT2D eigenvalue weighted by atomic mass is 9.81. The molecule has 0 amide bonds. The number of nitrogen functional groups attached to an aromatic ring is 1. The lowest BCUT2D eigenvalue weighted by Crippen LogP contribution is -2.62. The van der Waals surface area contributed by atoms with Crippen molar-refractivity contribution in [2.75, 3.05) is 11.1 Å². The van der Waals surface area contributed by atoms with Gasteiger partial charge in [0.25, 0.3) is 11.5 Å². The number of hydrogen-bond donors (Lipinski definition) is 4. The molecule has 1 aromatic heterocycles. The predicted molar refractivity (Wildman–Crippen MR) is 109 cm³/mol. The number of aryl methyl sites for hydroxylation is 1. The van der Waals surface area contributed by atoms with Crippen molar-refractivity contribution in [3.63, 3.8) is 0 Å². The number of fused-ring (bicyclic) bond motifs is 1. The van der Waals surface area contributed by atoms with Crippen molar-refractivity contribution >= 4 is 11.5 Å². The molecule has 0 saturated heterocycles. The van der Waals surface area contributed by atoms with E-state index >= 15 is 4.39 Å². The van der Waals surface area contributed by atoms with Crippen molar-refractivity contribution in [3.05, 3.63) is 51.3 Å². The molecule has 1 fully saturated rings. The van der Waals surface area contributed by atoms with Gasteiger partial charge < -0.3 is 20.7 Å². The molecule has 31 heavy (non-hydrogen) atoms. The first kappa shape index (κ1) is 21.2. The number of aliphatic hydroxyl groups is 1. The molecule has 2 aliphatic rings. The summed E-state index contributed by atoms with van der Waals surface area (Å²) in [6.07, 6.45) is 1.53. The average molecular weight is 433 g/mol. The summed E-state index contributed by atoms with van der Waals surface area (Å²) in [5.41, 5.74) is 3.23. The second-order valence-electron chi connectivity index (χ2n) is 8.06. The first-order valence-electron chi connectivity index (χ1n) is 9.79. The van der Waals surface area contributed by atoms with Gasteiger partial charge in [0.1, 0.15) is 5.82 Å². The first-order valence-corrected chi connectivity index (χ1v) is 9.79. The molecule has 1 aliphatic carbocycles. The molecule has 164 valence electrons. The van der Waals surface area contributed by atoms with Crippen LogP contribution in [0.4, 0.5) is 24.7 Å². The SMILES string of the molecule is Cc1cn(Cc2cc3c(cc2F)[C@@](C#CC2CC2)(C(C)(F)F)NC(O)N3)c(=O)c(N)n1.